The van der Waals surface area contributed by atoms with Gasteiger partial charge in [-0.15, -0.1) is 0 Å². The third-order valence-electron chi connectivity index (χ3n) is 0. The molecular formula is H28CeN4O18S4+4. The Morgan fingerprint density at radius 3 is 0.333 bits per heavy atom. The van der Waals surface area contributed by atoms with E-state index in [4.69, 9.17) is 70.1 Å². The van der Waals surface area contributed by atoms with Crippen molar-refractivity contribution < 1.29 is 123 Å². The molecule has 27 heavy (non-hydrogen) atoms. The Morgan fingerprint density at radius 1 is 0.333 bits per heavy atom. The first-order valence-corrected chi connectivity index (χ1v) is 8.38. The summed E-state index contributed by atoms with van der Waals surface area (Å²) in [6, 6.07) is 0. The van der Waals surface area contributed by atoms with Gasteiger partial charge >= 0.3 is 41.6 Å². The van der Waals surface area contributed by atoms with Crippen molar-refractivity contribution in [3.63, 3.8) is 0 Å². The second-order valence-corrected chi connectivity index (χ2v) is 5.37. The zero-order valence-electron chi connectivity index (χ0n) is 14.0. The molecule has 0 saturated heterocycles. The van der Waals surface area contributed by atoms with Gasteiger partial charge in [0.1, 0.15) is 0 Å². The normalized spacial score (nSPS) is 8.59. The largest absolute Gasteiger partial charge is 0.412 e. The topological polar surface area (TPSA) is 507 Å². The molecule has 0 aliphatic heterocycles. The number of hydrogen-bond acceptors (Lipinski definition) is 8. The molecule has 0 atom stereocenters. The third kappa shape index (κ3) is 42400. The fraction of sp³-hybridized carbons (Fsp3) is 0. The maximum atomic E-state index is 8.74. The maximum Gasteiger partial charge on any atom is 0.394 e. The van der Waals surface area contributed by atoms with Crippen molar-refractivity contribution in [3.05, 3.63) is 0 Å². The molecule has 0 aliphatic carbocycles. The van der Waals surface area contributed by atoms with Crippen LogP contribution in [-0.2, 0) is 41.6 Å². The Morgan fingerprint density at radius 2 is 0.333 bits per heavy atom. The van der Waals surface area contributed by atoms with Crippen LogP contribution in [0.15, 0.2) is 0 Å². The molecule has 0 aromatic heterocycles. The van der Waals surface area contributed by atoms with Gasteiger partial charge in [-0.3, -0.25) is 36.4 Å². The summed E-state index contributed by atoms with van der Waals surface area (Å²) >= 11 is 0. The molecule has 27 heteroatoms. The second kappa shape index (κ2) is 28.8. The van der Waals surface area contributed by atoms with Crippen LogP contribution in [0.1, 0.15) is 0 Å². The first-order valence-electron chi connectivity index (χ1n) is 2.79. The Hall–Kier alpha value is 0.617. The average Bonchev–Trinajstić information content (AvgIpc) is 1.62. The molecule has 28 N–H and O–H groups in total. The van der Waals surface area contributed by atoms with Crippen LogP contribution in [0.5, 0.6) is 0 Å². The Kier molecular flexibility index (Phi) is 75.6. The molecule has 0 radical (unpaired) electrons. The fourth-order valence-electron chi connectivity index (χ4n) is 0. The van der Waals surface area contributed by atoms with Crippen molar-refractivity contribution in [2.75, 3.05) is 0 Å². The molecule has 0 saturated carbocycles. The Balaban J connectivity index is -0.0000000129. The van der Waals surface area contributed by atoms with Gasteiger partial charge in [-0.05, 0) is 0 Å². The molecular weight excluding hydrogens is 612 g/mol. The summed E-state index contributed by atoms with van der Waals surface area (Å²) in [6.07, 6.45) is 0. The van der Waals surface area contributed by atoms with E-state index >= 15 is 0 Å². The van der Waals surface area contributed by atoms with Gasteiger partial charge in [-0.25, -0.2) is 0 Å². The standard InChI is InChI=1S/Ce.4H3N.4H2O4S.2H2O/c;;;;;4*1-5(2,3)4;;/h;4*1H3;4*(H2,1,2,3,4);2*1H2/p+4. The average molecular weight is 641 g/mol. The van der Waals surface area contributed by atoms with Crippen molar-refractivity contribution in [3.8, 4) is 0 Å². The van der Waals surface area contributed by atoms with Crippen LogP contribution in [0.25, 0.3) is 0 Å². The minimum atomic E-state index is -4.67. The quantitative estimate of drug-likeness (QED) is 0.119. The summed E-state index contributed by atoms with van der Waals surface area (Å²) in [5.74, 6) is 0. The van der Waals surface area contributed by atoms with E-state index in [1.54, 1.807) is 0 Å². The first-order chi connectivity index (χ1) is 8.00. The summed E-state index contributed by atoms with van der Waals surface area (Å²) < 4.78 is 126. The van der Waals surface area contributed by atoms with Crippen LogP contribution >= 0.6 is 0 Å². The van der Waals surface area contributed by atoms with E-state index in [9.17, 15) is 0 Å². The van der Waals surface area contributed by atoms with Gasteiger partial charge in [0.05, 0.1) is 0 Å². The zero-order chi connectivity index (χ0) is 18.0. The molecule has 0 fully saturated rings. The van der Waals surface area contributed by atoms with Crippen molar-refractivity contribution in [1.82, 2.24) is 24.6 Å². The molecule has 22 nitrogen and oxygen atoms in total. The predicted molar refractivity (Wildman–Crippen MR) is 87.9 cm³/mol. The third-order valence-corrected chi connectivity index (χ3v) is 0. The zero-order valence-corrected chi connectivity index (χ0v) is 20.4. The molecule has 0 spiro atoms. The van der Waals surface area contributed by atoms with Crippen LogP contribution in [0, 0.1) is 41.7 Å². The Bertz CT molecular complexity index is 490. The molecule has 0 aromatic rings. The number of hydrogen-bond donors (Lipinski definition) is 12. The molecule has 0 amide bonds. The summed E-state index contributed by atoms with van der Waals surface area (Å²) in [5.41, 5.74) is 0. The maximum absolute atomic E-state index is 8.74. The van der Waals surface area contributed by atoms with Crippen LogP contribution in [-0.4, -0.2) is 81.0 Å². The van der Waals surface area contributed by atoms with Gasteiger partial charge in [0.2, 0.25) is 0 Å². The number of quaternary nitrogens is 4. The van der Waals surface area contributed by atoms with Gasteiger partial charge in [0.25, 0.3) is 0 Å². The molecule has 0 aliphatic rings. The SMILES string of the molecule is O.O.O=S(=O)(O)O.O=S(=O)(O)O.O=S(=O)(O)O.O=S(=O)(O)O.[Ce].[NH4+].[NH4+].[NH4+].[NH4+]. The second-order valence-electron chi connectivity index (χ2n) is 1.79. The smallest absolute Gasteiger partial charge is 0.394 e. The summed E-state index contributed by atoms with van der Waals surface area (Å²) in [6.45, 7) is 0. The van der Waals surface area contributed by atoms with Gasteiger partial charge in [0, 0.05) is 41.7 Å². The van der Waals surface area contributed by atoms with Crippen molar-refractivity contribution in [2.24, 2.45) is 0 Å². The fourth-order valence-corrected chi connectivity index (χ4v) is 0. The minimum Gasteiger partial charge on any atom is -0.412 e. The summed E-state index contributed by atoms with van der Waals surface area (Å²) in [5, 5.41) is 0. The van der Waals surface area contributed by atoms with E-state index in [0.29, 0.717) is 0 Å². The van der Waals surface area contributed by atoms with Gasteiger partial charge in [0.15, 0.2) is 0 Å². The molecule has 0 heterocycles. The van der Waals surface area contributed by atoms with E-state index in [0.717, 1.165) is 0 Å². The molecule has 0 unspecified atom stereocenters. The van der Waals surface area contributed by atoms with E-state index in [1.807, 2.05) is 0 Å². The molecule has 0 bridgehead atoms. The van der Waals surface area contributed by atoms with Crippen LogP contribution in [0.4, 0.5) is 0 Å². The van der Waals surface area contributed by atoms with Gasteiger partial charge in [-0.1, -0.05) is 0 Å². The summed E-state index contributed by atoms with van der Waals surface area (Å²) in [7, 11) is -18.7. The van der Waals surface area contributed by atoms with Crippen LogP contribution in [0.3, 0.4) is 0 Å². The van der Waals surface area contributed by atoms with Gasteiger partial charge in [-0.2, -0.15) is 33.7 Å². The van der Waals surface area contributed by atoms with E-state index < -0.39 is 41.6 Å². The molecule has 0 aromatic carbocycles. The minimum absolute atomic E-state index is 0. The van der Waals surface area contributed by atoms with Crippen LogP contribution in [0.2, 0.25) is 0 Å². The van der Waals surface area contributed by atoms with E-state index in [1.165, 1.54) is 0 Å². The van der Waals surface area contributed by atoms with Crippen molar-refractivity contribution >= 4 is 41.6 Å². The molecule has 0 rings (SSSR count). The van der Waals surface area contributed by atoms with E-state index in [2.05, 4.69) is 0 Å². The van der Waals surface area contributed by atoms with Crippen molar-refractivity contribution in [2.45, 2.75) is 0 Å². The van der Waals surface area contributed by atoms with Gasteiger partial charge < -0.3 is 35.6 Å². The first kappa shape index (κ1) is 70.9. The van der Waals surface area contributed by atoms with E-state index in [-0.39, 0.29) is 77.3 Å². The van der Waals surface area contributed by atoms with Crippen molar-refractivity contribution in [1.29, 1.82) is 0 Å². The number of rotatable bonds is 0. The van der Waals surface area contributed by atoms with Crippen LogP contribution < -0.4 is 24.6 Å². The predicted octanol–water partition coefficient (Wildman–Crippen LogP) is -2.76. The monoisotopic (exact) mass is 640 g/mol. The molecule has 180 valence electrons. The summed E-state index contributed by atoms with van der Waals surface area (Å²) in [4.78, 5) is 0. The Labute approximate surface area is 187 Å².